The molecular weight excluding hydrogens is 322 g/mol. The Kier molecular flexibility index (Phi) is 5.70. The molecule has 24 heavy (non-hydrogen) atoms. The summed E-state index contributed by atoms with van der Waals surface area (Å²) in [6.07, 6.45) is 2.12. The van der Waals surface area contributed by atoms with Crippen LogP contribution in [0.4, 0.5) is 0 Å². The van der Waals surface area contributed by atoms with E-state index < -0.39 is 16.1 Å². The molecule has 0 aliphatic carbocycles. The number of sulfonamides is 1. The second-order valence-corrected chi connectivity index (χ2v) is 7.40. The topological polar surface area (TPSA) is 63.2 Å². The predicted molar refractivity (Wildman–Crippen MR) is 95.5 cm³/mol. The zero-order valence-electron chi connectivity index (χ0n) is 13.8. The van der Waals surface area contributed by atoms with Gasteiger partial charge in [-0.15, -0.1) is 6.58 Å². The van der Waals surface area contributed by atoms with Gasteiger partial charge in [0, 0.05) is 5.56 Å². The van der Waals surface area contributed by atoms with Gasteiger partial charge in [-0.2, -0.15) is 0 Å². The number of hydrogen-bond acceptors (Lipinski definition) is 3. The largest absolute Gasteiger partial charge is 0.295 e. The molecule has 2 aromatic rings. The van der Waals surface area contributed by atoms with Gasteiger partial charge in [-0.05, 0) is 38.0 Å². The van der Waals surface area contributed by atoms with E-state index in [1.165, 1.54) is 6.92 Å². The van der Waals surface area contributed by atoms with Crippen molar-refractivity contribution < 1.29 is 13.2 Å². The van der Waals surface area contributed by atoms with Crippen LogP contribution in [0.15, 0.2) is 66.1 Å². The van der Waals surface area contributed by atoms with Gasteiger partial charge >= 0.3 is 0 Å². The number of carbonyl (C=O) groups excluding carboxylic acids is 1. The minimum Gasteiger partial charge on any atom is -0.295 e. The molecule has 126 valence electrons. The second kappa shape index (κ2) is 7.55. The molecule has 0 aliphatic heterocycles. The lowest BCUT2D eigenvalue weighted by atomic mass is 10.0. The molecule has 4 nitrogen and oxygen atoms in total. The highest BCUT2D eigenvalue weighted by molar-refractivity contribution is 7.89. The van der Waals surface area contributed by atoms with E-state index in [1.54, 1.807) is 54.6 Å². The van der Waals surface area contributed by atoms with Crippen molar-refractivity contribution in [3.8, 4) is 0 Å². The smallest absolute Gasteiger partial charge is 0.241 e. The standard InChI is InChI=1S/C19H21NO3S/c1-4-5-19(17-10-8-16(9-11-17)15(3)21)20-24(22,23)18-12-6-14(2)7-13-18/h4,6-13,19-20H,1,5H2,2-3H3. The highest BCUT2D eigenvalue weighted by Gasteiger charge is 2.20. The highest BCUT2D eigenvalue weighted by atomic mass is 32.2. The number of rotatable bonds is 7. The lowest BCUT2D eigenvalue weighted by Crippen LogP contribution is -2.28. The van der Waals surface area contributed by atoms with E-state index in [9.17, 15) is 13.2 Å². The van der Waals surface area contributed by atoms with Crippen LogP contribution in [-0.2, 0) is 10.0 Å². The number of ketones is 1. The third-order valence-corrected chi connectivity index (χ3v) is 5.24. The Labute approximate surface area is 143 Å². The summed E-state index contributed by atoms with van der Waals surface area (Å²) < 4.78 is 27.9. The van der Waals surface area contributed by atoms with Crippen molar-refractivity contribution in [1.29, 1.82) is 0 Å². The van der Waals surface area contributed by atoms with Crippen LogP contribution in [0.25, 0.3) is 0 Å². The Morgan fingerprint density at radius 3 is 2.21 bits per heavy atom. The molecule has 0 spiro atoms. The maximum absolute atomic E-state index is 12.6. The maximum Gasteiger partial charge on any atom is 0.241 e. The molecule has 0 fully saturated rings. The fraction of sp³-hybridized carbons (Fsp3) is 0.211. The van der Waals surface area contributed by atoms with Crippen LogP contribution in [0.3, 0.4) is 0 Å². The lowest BCUT2D eigenvalue weighted by Gasteiger charge is -2.18. The van der Waals surface area contributed by atoms with Crippen molar-refractivity contribution in [2.75, 3.05) is 0 Å². The number of Topliss-reactive ketones (excluding diaryl/α,β-unsaturated/α-hetero) is 1. The van der Waals surface area contributed by atoms with Gasteiger partial charge < -0.3 is 0 Å². The van der Waals surface area contributed by atoms with E-state index >= 15 is 0 Å². The quantitative estimate of drug-likeness (QED) is 0.614. The van der Waals surface area contributed by atoms with Gasteiger partial charge in [0.25, 0.3) is 0 Å². The Morgan fingerprint density at radius 1 is 1.12 bits per heavy atom. The number of nitrogens with one attached hydrogen (secondary N) is 1. The minimum atomic E-state index is -3.64. The van der Waals surface area contributed by atoms with E-state index in [0.717, 1.165) is 11.1 Å². The average Bonchev–Trinajstić information content (AvgIpc) is 2.55. The summed E-state index contributed by atoms with van der Waals surface area (Å²) in [5.41, 5.74) is 2.38. The van der Waals surface area contributed by atoms with Gasteiger partial charge in [0.05, 0.1) is 10.9 Å². The summed E-state index contributed by atoms with van der Waals surface area (Å²) in [5, 5.41) is 0. The molecule has 0 amide bonds. The molecule has 0 radical (unpaired) electrons. The Bertz CT molecular complexity index is 822. The third-order valence-electron chi connectivity index (χ3n) is 3.75. The van der Waals surface area contributed by atoms with Crippen LogP contribution in [0.1, 0.15) is 40.9 Å². The van der Waals surface area contributed by atoms with Gasteiger partial charge in [0.15, 0.2) is 5.78 Å². The van der Waals surface area contributed by atoms with Crippen LogP contribution in [-0.4, -0.2) is 14.2 Å². The van der Waals surface area contributed by atoms with Crippen molar-refractivity contribution in [3.63, 3.8) is 0 Å². The predicted octanol–water partition coefficient (Wildman–Crippen LogP) is 3.79. The zero-order valence-corrected chi connectivity index (χ0v) is 14.6. The highest BCUT2D eigenvalue weighted by Crippen LogP contribution is 2.22. The molecule has 0 heterocycles. The maximum atomic E-state index is 12.6. The van der Waals surface area contributed by atoms with Crippen LogP contribution < -0.4 is 4.72 Å². The number of hydrogen-bond donors (Lipinski definition) is 1. The van der Waals surface area contributed by atoms with E-state index in [0.29, 0.717) is 12.0 Å². The average molecular weight is 343 g/mol. The molecule has 0 saturated heterocycles. The number of aryl methyl sites for hydroxylation is 1. The third kappa shape index (κ3) is 4.40. The van der Waals surface area contributed by atoms with E-state index in [1.807, 2.05) is 6.92 Å². The molecule has 1 atom stereocenters. The molecule has 1 N–H and O–H groups in total. The summed E-state index contributed by atoms with van der Waals surface area (Å²) in [5.74, 6) is -0.0259. The summed E-state index contributed by atoms with van der Waals surface area (Å²) >= 11 is 0. The first-order chi connectivity index (χ1) is 11.3. The molecule has 2 aromatic carbocycles. The molecule has 1 unspecified atom stereocenters. The van der Waals surface area contributed by atoms with Crippen molar-refractivity contribution >= 4 is 15.8 Å². The van der Waals surface area contributed by atoms with Crippen LogP contribution in [0.5, 0.6) is 0 Å². The Balaban J connectivity index is 2.28. The molecule has 0 aliphatic rings. The fourth-order valence-electron chi connectivity index (χ4n) is 2.34. The van der Waals surface area contributed by atoms with Crippen molar-refractivity contribution in [1.82, 2.24) is 4.72 Å². The van der Waals surface area contributed by atoms with Crippen LogP contribution >= 0.6 is 0 Å². The molecule has 0 bridgehead atoms. The van der Waals surface area contributed by atoms with Gasteiger partial charge in [0.2, 0.25) is 10.0 Å². The monoisotopic (exact) mass is 343 g/mol. The van der Waals surface area contributed by atoms with Crippen molar-refractivity contribution in [2.45, 2.75) is 31.2 Å². The molecule has 5 heteroatoms. The summed E-state index contributed by atoms with van der Waals surface area (Å²) in [7, 11) is -3.64. The molecule has 0 saturated carbocycles. The zero-order chi connectivity index (χ0) is 17.7. The SMILES string of the molecule is C=CCC(NS(=O)(=O)c1ccc(C)cc1)c1ccc(C(C)=O)cc1. The lowest BCUT2D eigenvalue weighted by molar-refractivity contribution is 0.101. The van der Waals surface area contributed by atoms with Crippen molar-refractivity contribution in [3.05, 3.63) is 77.9 Å². The van der Waals surface area contributed by atoms with Crippen LogP contribution in [0.2, 0.25) is 0 Å². The minimum absolute atomic E-state index is 0.0259. The van der Waals surface area contributed by atoms with E-state index in [4.69, 9.17) is 0 Å². The van der Waals surface area contributed by atoms with Gasteiger partial charge in [0.1, 0.15) is 0 Å². The Morgan fingerprint density at radius 2 is 1.71 bits per heavy atom. The normalized spacial score (nSPS) is 12.6. The van der Waals surface area contributed by atoms with Gasteiger partial charge in [-0.25, -0.2) is 13.1 Å². The first-order valence-corrected chi connectivity index (χ1v) is 9.12. The number of carbonyl (C=O) groups is 1. The summed E-state index contributed by atoms with van der Waals surface area (Å²) in [6, 6.07) is 13.2. The second-order valence-electron chi connectivity index (χ2n) is 5.69. The summed E-state index contributed by atoms with van der Waals surface area (Å²) in [4.78, 5) is 11.6. The molecule has 0 aromatic heterocycles. The number of benzene rings is 2. The fourth-order valence-corrected chi connectivity index (χ4v) is 3.58. The van der Waals surface area contributed by atoms with E-state index in [-0.39, 0.29) is 10.7 Å². The summed E-state index contributed by atoms with van der Waals surface area (Å²) in [6.45, 7) is 7.10. The first-order valence-electron chi connectivity index (χ1n) is 7.64. The van der Waals surface area contributed by atoms with Crippen molar-refractivity contribution in [2.24, 2.45) is 0 Å². The van der Waals surface area contributed by atoms with Gasteiger partial charge in [-0.1, -0.05) is 48.0 Å². The first kappa shape index (κ1) is 18.1. The van der Waals surface area contributed by atoms with E-state index in [2.05, 4.69) is 11.3 Å². The Hall–Kier alpha value is -2.24. The van der Waals surface area contributed by atoms with Crippen LogP contribution in [0, 0.1) is 6.92 Å². The molecular formula is C19H21NO3S. The van der Waals surface area contributed by atoms with Gasteiger partial charge in [-0.3, -0.25) is 4.79 Å². The molecule has 2 rings (SSSR count).